The Labute approximate surface area is 205 Å². The standard InChI is InChI=1S/C25H23N3O4S2/c1-4-10-28-24(30)20-14-21(16-8-6-5-7-9-16)34-23(20)27-25(28)33-15-22(29)26-17-11-18(31-2)13-19(12-17)32-3/h4-9,11-14H,1,10,15H2,2-3H3,(H,26,29). The lowest BCUT2D eigenvalue weighted by Crippen LogP contribution is -2.23. The highest BCUT2D eigenvalue weighted by molar-refractivity contribution is 7.99. The Kier molecular flexibility index (Phi) is 7.34. The van der Waals surface area contributed by atoms with Crippen LogP contribution >= 0.6 is 23.1 Å². The molecule has 0 saturated heterocycles. The van der Waals surface area contributed by atoms with Gasteiger partial charge in [-0.05, 0) is 11.6 Å². The van der Waals surface area contributed by atoms with E-state index >= 15 is 0 Å². The quantitative estimate of drug-likeness (QED) is 0.199. The van der Waals surface area contributed by atoms with Gasteiger partial charge in [-0.15, -0.1) is 17.9 Å². The average Bonchev–Trinajstić information content (AvgIpc) is 3.29. The molecule has 0 saturated carbocycles. The average molecular weight is 494 g/mol. The highest BCUT2D eigenvalue weighted by atomic mass is 32.2. The molecule has 0 spiro atoms. The molecule has 0 aliphatic rings. The molecular weight excluding hydrogens is 470 g/mol. The van der Waals surface area contributed by atoms with Gasteiger partial charge in [0.05, 0.1) is 25.4 Å². The summed E-state index contributed by atoms with van der Waals surface area (Å²) in [6.07, 6.45) is 1.64. The van der Waals surface area contributed by atoms with Gasteiger partial charge in [0, 0.05) is 35.3 Å². The summed E-state index contributed by atoms with van der Waals surface area (Å²) in [7, 11) is 3.09. The molecule has 0 fully saturated rings. The van der Waals surface area contributed by atoms with E-state index in [9.17, 15) is 9.59 Å². The minimum Gasteiger partial charge on any atom is -0.497 e. The monoisotopic (exact) mass is 493 g/mol. The normalized spacial score (nSPS) is 10.8. The SMILES string of the molecule is C=CCn1c(SCC(=O)Nc2cc(OC)cc(OC)c2)nc2sc(-c3ccccc3)cc2c1=O. The predicted octanol–water partition coefficient (Wildman–Crippen LogP) is 5.06. The van der Waals surface area contributed by atoms with E-state index in [2.05, 4.69) is 11.9 Å². The van der Waals surface area contributed by atoms with Crippen LogP contribution in [0.5, 0.6) is 11.5 Å². The van der Waals surface area contributed by atoms with Crippen LogP contribution in [0.1, 0.15) is 0 Å². The summed E-state index contributed by atoms with van der Waals surface area (Å²) >= 11 is 2.66. The number of anilines is 1. The first-order valence-electron chi connectivity index (χ1n) is 10.4. The van der Waals surface area contributed by atoms with Crippen LogP contribution in [-0.2, 0) is 11.3 Å². The number of ether oxygens (including phenoxy) is 2. The number of thiophene rings is 1. The molecule has 174 valence electrons. The number of carbonyl (C=O) groups excluding carboxylic acids is 1. The Balaban J connectivity index is 1.58. The second kappa shape index (κ2) is 10.6. The number of nitrogens with one attached hydrogen (secondary N) is 1. The fourth-order valence-electron chi connectivity index (χ4n) is 3.35. The van der Waals surface area contributed by atoms with E-state index in [4.69, 9.17) is 14.5 Å². The predicted molar refractivity (Wildman–Crippen MR) is 138 cm³/mol. The maximum Gasteiger partial charge on any atom is 0.263 e. The number of allylic oxidation sites excluding steroid dienone is 1. The highest BCUT2D eigenvalue weighted by Gasteiger charge is 2.16. The number of nitrogens with zero attached hydrogens (tertiary/aromatic N) is 2. The van der Waals surface area contributed by atoms with Gasteiger partial charge in [-0.25, -0.2) is 4.98 Å². The summed E-state index contributed by atoms with van der Waals surface area (Å²) in [5.41, 5.74) is 1.44. The molecule has 1 amide bonds. The maximum atomic E-state index is 13.2. The molecule has 0 unspecified atom stereocenters. The molecule has 0 aliphatic heterocycles. The first-order valence-corrected chi connectivity index (χ1v) is 12.2. The highest BCUT2D eigenvalue weighted by Crippen LogP contribution is 2.32. The molecule has 0 radical (unpaired) electrons. The van der Waals surface area contributed by atoms with Crippen molar-refractivity contribution < 1.29 is 14.3 Å². The number of hydrogen-bond donors (Lipinski definition) is 1. The number of methoxy groups -OCH3 is 2. The number of aromatic nitrogens is 2. The van der Waals surface area contributed by atoms with Crippen LogP contribution in [0.25, 0.3) is 20.7 Å². The fourth-order valence-corrected chi connectivity index (χ4v) is 5.24. The van der Waals surface area contributed by atoms with Gasteiger partial charge >= 0.3 is 0 Å². The topological polar surface area (TPSA) is 82.5 Å². The lowest BCUT2D eigenvalue weighted by Gasteiger charge is -2.11. The van der Waals surface area contributed by atoms with E-state index in [-0.39, 0.29) is 17.2 Å². The van der Waals surface area contributed by atoms with Crippen molar-refractivity contribution in [2.45, 2.75) is 11.7 Å². The molecule has 2 aromatic heterocycles. The molecule has 2 heterocycles. The second-order valence-corrected chi connectivity index (χ2v) is 9.21. The minimum atomic E-state index is -0.240. The summed E-state index contributed by atoms with van der Waals surface area (Å²) in [5.74, 6) is 0.976. The van der Waals surface area contributed by atoms with Gasteiger partial charge in [-0.1, -0.05) is 48.2 Å². The summed E-state index contributed by atoms with van der Waals surface area (Å²) in [4.78, 5) is 32.2. The first-order chi connectivity index (χ1) is 16.5. The summed E-state index contributed by atoms with van der Waals surface area (Å²) < 4.78 is 12.0. The van der Waals surface area contributed by atoms with Crippen molar-refractivity contribution in [2.75, 3.05) is 25.3 Å². The maximum absolute atomic E-state index is 13.2. The molecule has 0 bridgehead atoms. The lowest BCUT2D eigenvalue weighted by molar-refractivity contribution is -0.113. The Bertz CT molecular complexity index is 1370. The van der Waals surface area contributed by atoms with Gasteiger partial charge in [0.15, 0.2) is 5.16 Å². The summed E-state index contributed by atoms with van der Waals surface area (Å²) in [6.45, 7) is 4.06. The van der Waals surface area contributed by atoms with Crippen molar-refractivity contribution in [3.05, 3.63) is 77.6 Å². The number of rotatable bonds is 9. The van der Waals surface area contributed by atoms with Crippen LogP contribution in [0.3, 0.4) is 0 Å². The third-order valence-electron chi connectivity index (χ3n) is 4.95. The molecule has 4 rings (SSSR count). The van der Waals surface area contributed by atoms with Gasteiger partial charge in [0.2, 0.25) is 5.91 Å². The molecular formula is C25H23N3O4S2. The lowest BCUT2D eigenvalue weighted by atomic mass is 10.2. The van der Waals surface area contributed by atoms with Gasteiger partial charge < -0.3 is 14.8 Å². The van der Waals surface area contributed by atoms with Crippen LogP contribution in [-0.4, -0.2) is 35.4 Å². The van der Waals surface area contributed by atoms with Crippen LogP contribution in [0.2, 0.25) is 0 Å². The van der Waals surface area contributed by atoms with Crippen LogP contribution < -0.4 is 20.3 Å². The van der Waals surface area contributed by atoms with Crippen molar-refractivity contribution >= 4 is 44.9 Å². The molecule has 4 aromatic rings. The zero-order chi connectivity index (χ0) is 24.1. The number of fused-ring (bicyclic) bond motifs is 1. The largest absolute Gasteiger partial charge is 0.497 e. The number of thioether (sulfide) groups is 1. The first kappa shape index (κ1) is 23.6. The molecule has 7 nitrogen and oxygen atoms in total. The minimum absolute atomic E-state index is 0.0749. The van der Waals surface area contributed by atoms with E-state index in [1.807, 2.05) is 36.4 Å². The number of carbonyl (C=O) groups is 1. The van der Waals surface area contributed by atoms with Gasteiger partial charge in [-0.2, -0.15) is 0 Å². The summed E-state index contributed by atoms with van der Waals surface area (Å²) in [5, 5.41) is 3.87. The van der Waals surface area contributed by atoms with Crippen molar-refractivity contribution in [3.63, 3.8) is 0 Å². The smallest absolute Gasteiger partial charge is 0.263 e. The van der Waals surface area contributed by atoms with Crippen molar-refractivity contribution in [1.82, 2.24) is 9.55 Å². The Morgan fingerprint density at radius 1 is 1.15 bits per heavy atom. The van der Waals surface area contributed by atoms with E-state index in [0.717, 1.165) is 10.4 Å². The van der Waals surface area contributed by atoms with E-state index < -0.39 is 0 Å². The molecule has 0 aliphatic carbocycles. The third kappa shape index (κ3) is 5.16. The van der Waals surface area contributed by atoms with Crippen LogP contribution in [0.4, 0.5) is 5.69 Å². The van der Waals surface area contributed by atoms with Crippen molar-refractivity contribution in [2.24, 2.45) is 0 Å². The Morgan fingerprint density at radius 3 is 2.50 bits per heavy atom. The number of amides is 1. The van der Waals surface area contributed by atoms with Crippen molar-refractivity contribution in [3.8, 4) is 21.9 Å². The number of benzene rings is 2. The van der Waals surface area contributed by atoms with Crippen molar-refractivity contribution in [1.29, 1.82) is 0 Å². The summed E-state index contributed by atoms with van der Waals surface area (Å²) in [6, 6.07) is 16.9. The van der Waals surface area contributed by atoms with Gasteiger partial charge in [-0.3, -0.25) is 14.2 Å². The van der Waals surface area contributed by atoms with Crippen LogP contribution in [0, 0.1) is 0 Å². The fraction of sp³-hybridized carbons (Fsp3) is 0.160. The Hall–Kier alpha value is -3.56. The number of hydrogen-bond acceptors (Lipinski definition) is 7. The Morgan fingerprint density at radius 2 is 1.85 bits per heavy atom. The molecule has 1 N–H and O–H groups in total. The molecule has 34 heavy (non-hydrogen) atoms. The molecule has 9 heteroatoms. The van der Waals surface area contributed by atoms with Crippen LogP contribution in [0.15, 0.2) is 77.2 Å². The molecule has 0 atom stereocenters. The zero-order valence-corrected chi connectivity index (χ0v) is 20.4. The zero-order valence-electron chi connectivity index (χ0n) is 18.7. The molecule has 2 aromatic carbocycles. The third-order valence-corrected chi connectivity index (χ3v) is 7.01. The second-order valence-electron chi connectivity index (χ2n) is 7.23. The van der Waals surface area contributed by atoms with E-state index in [1.54, 1.807) is 43.1 Å². The van der Waals surface area contributed by atoms with E-state index in [0.29, 0.717) is 39.1 Å². The van der Waals surface area contributed by atoms with E-state index in [1.165, 1.54) is 23.1 Å². The van der Waals surface area contributed by atoms with Gasteiger partial charge in [0.25, 0.3) is 5.56 Å². The van der Waals surface area contributed by atoms with Gasteiger partial charge in [0.1, 0.15) is 16.3 Å².